The maximum atomic E-state index is 11.8. The fourth-order valence-electron chi connectivity index (χ4n) is 1.66. The zero-order chi connectivity index (χ0) is 14.5. The Morgan fingerprint density at radius 3 is 2.47 bits per heavy atom. The summed E-state index contributed by atoms with van der Waals surface area (Å²) in [5.74, 6) is -0.204. The molecule has 0 spiro atoms. The van der Waals surface area contributed by atoms with Gasteiger partial charge in [-0.25, -0.2) is 0 Å². The van der Waals surface area contributed by atoms with Crippen molar-refractivity contribution in [3.8, 4) is 0 Å². The number of benzene rings is 1. The monoisotopic (exact) mass is 262 g/mol. The molecule has 1 aromatic carbocycles. The first-order valence-electron chi connectivity index (χ1n) is 6.44. The molecule has 0 aliphatic carbocycles. The Hall–Kier alpha value is -1.84. The lowest BCUT2D eigenvalue weighted by atomic mass is 10.1. The molecule has 2 amide bonds. The number of rotatable bonds is 4. The molecule has 0 aliphatic heterocycles. The average Bonchev–Trinajstić information content (AvgIpc) is 2.26. The Morgan fingerprint density at radius 2 is 1.89 bits per heavy atom. The van der Waals surface area contributed by atoms with E-state index in [9.17, 15) is 9.59 Å². The van der Waals surface area contributed by atoms with E-state index in [2.05, 4.69) is 10.6 Å². The number of aryl methyl sites for hydroxylation is 1. The molecule has 0 bridgehead atoms. The number of hydrogen-bond donors (Lipinski definition) is 2. The molecule has 4 heteroatoms. The van der Waals surface area contributed by atoms with Gasteiger partial charge in [0.15, 0.2) is 0 Å². The van der Waals surface area contributed by atoms with E-state index in [-0.39, 0.29) is 23.8 Å². The van der Waals surface area contributed by atoms with E-state index in [1.165, 1.54) is 0 Å². The second-order valence-corrected chi connectivity index (χ2v) is 5.67. The van der Waals surface area contributed by atoms with Crippen molar-refractivity contribution in [2.75, 3.05) is 6.54 Å². The zero-order valence-electron chi connectivity index (χ0n) is 12.0. The maximum Gasteiger partial charge on any atom is 0.251 e. The van der Waals surface area contributed by atoms with Crippen LogP contribution in [0.3, 0.4) is 0 Å². The van der Waals surface area contributed by atoms with Crippen LogP contribution in [-0.2, 0) is 4.79 Å². The molecule has 0 saturated carbocycles. The Balaban J connectivity index is 2.37. The Kier molecular flexibility index (Phi) is 5.10. The number of hydrogen-bond acceptors (Lipinski definition) is 2. The van der Waals surface area contributed by atoms with Crippen LogP contribution < -0.4 is 10.6 Å². The molecule has 1 aromatic rings. The molecule has 104 valence electrons. The SMILES string of the molecule is Cc1cccc(C(=O)NCCC(=O)NC(C)(C)C)c1. The van der Waals surface area contributed by atoms with Crippen molar-refractivity contribution in [1.29, 1.82) is 0 Å². The molecule has 0 aliphatic rings. The molecule has 1 rings (SSSR count). The van der Waals surface area contributed by atoms with Crippen molar-refractivity contribution in [2.45, 2.75) is 39.7 Å². The van der Waals surface area contributed by atoms with Gasteiger partial charge in [0.25, 0.3) is 5.91 Å². The number of amides is 2. The van der Waals surface area contributed by atoms with Gasteiger partial charge in [-0.15, -0.1) is 0 Å². The van der Waals surface area contributed by atoms with Gasteiger partial charge in [-0.2, -0.15) is 0 Å². The quantitative estimate of drug-likeness (QED) is 0.872. The highest BCUT2D eigenvalue weighted by molar-refractivity contribution is 5.94. The predicted octanol–water partition coefficient (Wildman–Crippen LogP) is 2.03. The second-order valence-electron chi connectivity index (χ2n) is 5.67. The third-order valence-electron chi connectivity index (χ3n) is 2.43. The number of carbonyl (C=O) groups is 2. The first-order chi connectivity index (χ1) is 8.78. The van der Waals surface area contributed by atoms with E-state index in [0.29, 0.717) is 12.1 Å². The first-order valence-corrected chi connectivity index (χ1v) is 6.44. The van der Waals surface area contributed by atoms with Crippen LogP contribution in [-0.4, -0.2) is 23.9 Å². The van der Waals surface area contributed by atoms with E-state index < -0.39 is 0 Å². The van der Waals surface area contributed by atoms with Gasteiger partial charge in [0.2, 0.25) is 5.91 Å². The average molecular weight is 262 g/mol. The van der Waals surface area contributed by atoms with E-state index in [0.717, 1.165) is 5.56 Å². The van der Waals surface area contributed by atoms with Crippen molar-refractivity contribution in [3.05, 3.63) is 35.4 Å². The van der Waals surface area contributed by atoms with Crippen LogP contribution in [0.4, 0.5) is 0 Å². The number of nitrogens with one attached hydrogen (secondary N) is 2. The van der Waals surface area contributed by atoms with Crippen LogP contribution in [0.2, 0.25) is 0 Å². The highest BCUT2D eigenvalue weighted by Gasteiger charge is 2.13. The maximum absolute atomic E-state index is 11.8. The van der Waals surface area contributed by atoms with Crippen molar-refractivity contribution in [2.24, 2.45) is 0 Å². The van der Waals surface area contributed by atoms with Crippen molar-refractivity contribution in [3.63, 3.8) is 0 Å². The minimum absolute atomic E-state index is 0.0583. The van der Waals surface area contributed by atoms with E-state index >= 15 is 0 Å². The van der Waals surface area contributed by atoms with Crippen molar-refractivity contribution >= 4 is 11.8 Å². The van der Waals surface area contributed by atoms with E-state index in [1.807, 2.05) is 45.9 Å². The molecule has 2 N–H and O–H groups in total. The Bertz CT molecular complexity index is 461. The molecular formula is C15H22N2O2. The molecule has 0 saturated heterocycles. The summed E-state index contributed by atoms with van der Waals surface area (Å²) < 4.78 is 0. The van der Waals surface area contributed by atoms with Gasteiger partial charge in [0, 0.05) is 24.1 Å². The van der Waals surface area contributed by atoms with E-state index in [4.69, 9.17) is 0 Å². The second kappa shape index (κ2) is 6.36. The number of carbonyl (C=O) groups excluding carboxylic acids is 2. The summed E-state index contributed by atoms with van der Waals surface area (Å²) in [5, 5.41) is 5.59. The Labute approximate surface area is 114 Å². The lowest BCUT2D eigenvalue weighted by Crippen LogP contribution is -2.41. The molecule has 0 fully saturated rings. The largest absolute Gasteiger partial charge is 0.352 e. The molecule has 4 nitrogen and oxygen atoms in total. The molecule has 0 unspecified atom stereocenters. The van der Waals surface area contributed by atoms with Crippen molar-refractivity contribution in [1.82, 2.24) is 10.6 Å². The first kappa shape index (κ1) is 15.2. The zero-order valence-corrected chi connectivity index (χ0v) is 12.0. The van der Waals surface area contributed by atoms with Crippen LogP contribution >= 0.6 is 0 Å². The standard InChI is InChI=1S/C15H22N2O2/c1-11-6-5-7-12(10-11)14(19)16-9-8-13(18)17-15(2,3)4/h5-7,10H,8-9H2,1-4H3,(H,16,19)(H,17,18). The lowest BCUT2D eigenvalue weighted by Gasteiger charge is -2.20. The van der Waals surface area contributed by atoms with Crippen LogP contribution in [0.25, 0.3) is 0 Å². The minimum atomic E-state index is -0.238. The van der Waals surface area contributed by atoms with Crippen LogP contribution in [0.1, 0.15) is 43.1 Å². The van der Waals surface area contributed by atoms with Gasteiger partial charge in [-0.05, 0) is 39.8 Å². The van der Waals surface area contributed by atoms with Gasteiger partial charge in [0.1, 0.15) is 0 Å². The van der Waals surface area contributed by atoms with Crippen LogP contribution in [0.5, 0.6) is 0 Å². The fourth-order valence-corrected chi connectivity index (χ4v) is 1.66. The smallest absolute Gasteiger partial charge is 0.251 e. The molecule has 19 heavy (non-hydrogen) atoms. The van der Waals surface area contributed by atoms with Crippen molar-refractivity contribution < 1.29 is 9.59 Å². The van der Waals surface area contributed by atoms with Gasteiger partial charge < -0.3 is 10.6 Å². The van der Waals surface area contributed by atoms with Crippen LogP contribution in [0, 0.1) is 6.92 Å². The third kappa shape index (κ3) is 6.04. The fraction of sp³-hybridized carbons (Fsp3) is 0.467. The Morgan fingerprint density at radius 1 is 1.21 bits per heavy atom. The van der Waals surface area contributed by atoms with E-state index in [1.54, 1.807) is 6.07 Å². The summed E-state index contributed by atoms with van der Waals surface area (Å²) >= 11 is 0. The highest BCUT2D eigenvalue weighted by Crippen LogP contribution is 2.03. The molecule has 0 radical (unpaired) electrons. The predicted molar refractivity (Wildman–Crippen MR) is 76.0 cm³/mol. The molecular weight excluding hydrogens is 240 g/mol. The summed E-state index contributed by atoms with van der Waals surface area (Å²) in [6.07, 6.45) is 0.287. The van der Waals surface area contributed by atoms with Gasteiger partial charge in [-0.1, -0.05) is 17.7 Å². The molecule has 0 aromatic heterocycles. The molecule has 0 atom stereocenters. The van der Waals surface area contributed by atoms with Gasteiger partial charge >= 0.3 is 0 Å². The normalized spacial score (nSPS) is 10.9. The third-order valence-corrected chi connectivity index (χ3v) is 2.43. The lowest BCUT2D eigenvalue weighted by molar-refractivity contribution is -0.122. The summed E-state index contributed by atoms with van der Waals surface area (Å²) in [5.41, 5.74) is 1.42. The summed E-state index contributed by atoms with van der Waals surface area (Å²) in [6.45, 7) is 8.06. The van der Waals surface area contributed by atoms with Gasteiger partial charge in [0.05, 0.1) is 0 Å². The topological polar surface area (TPSA) is 58.2 Å². The van der Waals surface area contributed by atoms with Crippen LogP contribution in [0.15, 0.2) is 24.3 Å². The minimum Gasteiger partial charge on any atom is -0.352 e. The summed E-state index contributed by atoms with van der Waals surface area (Å²) in [6, 6.07) is 7.37. The summed E-state index contributed by atoms with van der Waals surface area (Å²) in [7, 11) is 0. The summed E-state index contributed by atoms with van der Waals surface area (Å²) in [4.78, 5) is 23.4. The highest BCUT2D eigenvalue weighted by atomic mass is 16.2. The van der Waals surface area contributed by atoms with Gasteiger partial charge in [-0.3, -0.25) is 9.59 Å². The molecule has 0 heterocycles.